The summed E-state index contributed by atoms with van der Waals surface area (Å²) in [6.45, 7) is 0.0200. The van der Waals surface area contributed by atoms with Gasteiger partial charge >= 0.3 is 12.1 Å². The van der Waals surface area contributed by atoms with Crippen molar-refractivity contribution in [3.8, 4) is 11.5 Å². The van der Waals surface area contributed by atoms with Crippen LogP contribution in [0.5, 0.6) is 0 Å². The number of aromatic nitrogens is 5. The van der Waals surface area contributed by atoms with E-state index in [9.17, 15) is 31.1 Å². The van der Waals surface area contributed by atoms with E-state index in [2.05, 4.69) is 25.3 Å². The van der Waals surface area contributed by atoms with Gasteiger partial charge in [0.05, 0.1) is 23.2 Å². The Morgan fingerprint density at radius 3 is 2.18 bits per heavy atom. The summed E-state index contributed by atoms with van der Waals surface area (Å²) in [6, 6.07) is 23.8. The quantitative estimate of drug-likeness (QED) is 0.0936. The molecule has 15 heteroatoms. The lowest BCUT2D eigenvalue weighted by molar-refractivity contribution is -0.284. The Bertz CT molecular complexity index is 2230. The van der Waals surface area contributed by atoms with E-state index >= 15 is 0 Å². The molecule has 9 nitrogen and oxygen atoms in total. The molecule has 4 heterocycles. The van der Waals surface area contributed by atoms with E-state index in [-0.39, 0.29) is 52.4 Å². The number of alkyl halides is 5. The van der Waals surface area contributed by atoms with Crippen molar-refractivity contribution in [1.82, 2.24) is 24.3 Å². The summed E-state index contributed by atoms with van der Waals surface area (Å²) < 4.78 is 83.0. The van der Waals surface area contributed by atoms with Gasteiger partial charge in [0.25, 0.3) is 0 Å². The summed E-state index contributed by atoms with van der Waals surface area (Å²) in [4.78, 5) is 35.1. The van der Waals surface area contributed by atoms with Crippen LogP contribution in [0.4, 0.5) is 43.8 Å². The van der Waals surface area contributed by atoms with Crippen LogP contribution in [0.15, 0.2) is 102 Å². The summed E-state index contributed by atoms with van der Waals surface area (Å²) >= 11 is 0. The molecule has 0 fully saturated rings. The van der Waals surface area contributed by atoms with Gasteiger partial charge in [0, 0.05) is 30.3 Å². The van der Waals surface area contributed by atoms with Gasteiger partial charge in [0.2, 0.25) is 0 Å². The smallest absolute Gasteiger partial charge is 0.383 e. The molecule has 0 amide bonds. The highest BCUT2D eigenvalue weighted by Crippen LogP contribution is 2.43. The summed E-state index contributed by atoms with van der Waals surface area (Å²) in [5.74, 6) is -5.36. The van der Waals surface area contributed by atoms with Crippen molar-refractivity contribution in [2.45, 2.75) is 30.4 Å². The molecule has 51 heavy (non-hydrogen) atoms. The van der Waals surface area contributed by atoms with E-state index in [1.54, 1.807) is 0 Å². The Balaban J connectivity index is 1.39. The molecule has 0 bridgehead atoms. The van der Waals surface area contributed by atoms with Gasteiger partial charge in [-0.15, -0.1) is 0 Å². The predicted octanol–water partition coefficient (Wildman–Crippen LogP) is 7.12. The molecule has 1 unspecified atom stereocenters. The number of anilines is 2. The van der Waals surface area contributed by atoms with E-state index in [1.165, 1.54) is 41.1 Å². The number of hydrogen-bond donors (Lipinski definition) is 2. The van der Waals surface area contributed by atoms with Crippen LogP contribution in [0, 0.1) is 5.82 Å². The maximum absolute atomic E-state index is 14.2. The van der Waals surface area contributed by atoms with Crippen LogP contribution in [-0.4, -0.2) is 55.0 Å². The Morgan fingerprint density at radius 1 is 0.922 bits per heavy atom. The van der Waals surface area contributed by atoms with Gasteiger partial charge in [-0.05, 0) is 24.1 Å². The van der Waals surface area contributed by atoms with Gasteiger partial charge in [-0.2, -0.15) is 22.0 Å². The van der Waals surface area contributed by atoms with Crippen molar-refractivity contribution in [3.63, 3.8) is 0 Å². The number of nitrogens with two attached hydrogens (primary N) is 1. The fourth-order valence-corrected chi connectivity index (χ4v) is 6.05. The molecule has 1 aliphatic rings. The monoisotopic (exact) mass is 700 g/mol. The molecular formula is C36H26F6N8O. The first-order valence-electron chi connectivity index (χ1n) is 15.6. The third-order valence-corrected chi connectivity index (χ3v) is 8.66. The van der Waals surface area contributed by atoms with Crippen LogP contribution in [0.25, 0.3) is 17.2 Å². The van der Waals surface area contributed by atoms with Gasteiger partial charge in [-0.25, -0.2) is 29.3 Å². The van der Waals surface area contributed by atoms with E-state index in [1.807, 2.05) is 60.7 Å². The van der Waals surface area contributed by atoms with E-state index in [0.717, 1.165) is 11.1 Å². The second-order valence-corrected chi connectivity index (χ2v) is 11.9. The van der Waals surface area contributed by atoms with Crippen LogP contribution in [-0.2, 0) is 16.6 Å². The molecule has 258 valence electrons. The van der Waals surface area contributed by atoms with E-state index in [0.29, 0.717) is 17.6 Å². The molecule has 7 rings (SSSR count). The molecule has 0 radical (unpaired) electrons. The summed E-state index contributed by atoms with van der Waals surface area (Å²) in [5, 5.41) is 3.04. The van der Waals surface area contributed by atoms with Crippen LogP contribution in [0.3, 0.4) is 0 Å². The zero-order valence-electron chi connectivity index (χ0n) is 26.4. The summed E-state index contributed by atoms with van der Waals surface area (Å²) in [6.07, 6.45) is -4.73. The van der Waals surface area contributed by atoms with Crippen molar-refractivity contribution < 1.29 is 31.1 Å². The number of aryl methyl sites for hydroxylation is 1. The van der Waals surface area contributed by atoms with Crippen molar-refractivity contribution in [2.24, 2.45) is 4.99 Å². The Morgan fingerprint density at radius 2 is 1.57 bits per heavy atom. The lowest BCUT2D eigenvalue weighted by atomic mass is 9.78. The highest BCUT2D eigenvalue weighted by Gasteiger charge is 2.56. The molecule has 1 aliphatic heterocycles. The number of nitrogen functional groups attached to an aromatic ring is 1. The third-order valence-electron chi connectivity index (χ3n) is 8.66. The maximum atomic E-state index is 14.2. The Labute approximate surface area is 286 Å². The molecular weight excluding hydrogens is 674 g/mol. The van der Waals surface area contributed by atoms with Crippen molar-refractivity contribution in [2.75, 3.05) is 17.6 Å². The topological polar surface area (TPSA) is 123 Å². The minimum atomic E-state index is -5.77. The molecule has 3 N–H and O–H groups in total. The maximum Gasteiger partial charge on any atom is 0.453 e. The van der Waals surface area contributed by atoms with Gasteiger partial charge in [-0.3, -0.25) is 4.40 Å². The second-order valence-electron chi connectivity index (χ2n) is 11.9. The number of rotatable bonds is 9. The van der Waals surface area contributed by atoms with Crippen LogP contribution in [0.1, 0.15) is 34.4 Å². The van der Waals surface area contributed by atoms with Crippen molar-refractivity contribution in [1.29, 1.82) is 0 Å². The first-order valence-corrected chi connectivity index (χ1v) is 15.6. The number of imidazole rings is 1. The molecule has 3 aromatic carbocycles. The number of hydrogen-bond acceptors (Lipinski definition) is 8. The van der Waals surface area contributed by atoms with Gasteiger partial charge in [0.15, 0.2) is 17.3 Å². The molecule has 0 spiro atoms. The summed E-state index contributed by atoms with van der Waals surface area (Å²) in [5.41, 5.74) is 7.56. The fourth-order valence-electron chi connectivity index (χ4n) is 6.05. The predicted molar refractivity (Wildman–Crippen MR) is 178 cm³/mol. The molecule has 3 aromatic heterocycles. The fraction of sp³-hybridized carbons (Fsp3) is 0.167. The van der Waals surface area contributed by atoms with Crippen LogP contribution >= 0.6 is 0 Å². The second kappa shape index (κ2) is 12.6. The zero-order chi connectivity index (χ0) is 36.0. The molecule has 0 aliphatic carbocycles. The number of carbonyl (C=O) groups is 1. The average Bonchev–Trinajstić information content (AvgIpc) is 3.72. The van der Waals surface area contributed by atoms with E-state index < -0.39 is 36.2 Å². The normalized spacial score (nSPS) is 15.7. The third kappa shape index (κ3) is 6.04. The SMILES string of the molecule is Nc1nc(-c2cn3c(N=C(c4ccccc4)c4ccccc4)cnc3c(CCC(F)(F)C(F)(F)F)n2)nc2c1C(C=O)(c1ccc(F)cc1)CN2. The lowest BCUT2D eigenvalue weighted by Gasteiger charge is -2.23. The van der Waals surface area contributed by atoms with Gasteiger partial charge in [0.1, 0.15) is 34.8 Å². The highest BCUT2D eigenvalue weighted by atomic mass is 19.4. The van der Waals surface area contributed by atoms with Crippen LogP contribution < -0.4 is 11.1 Å². The number of carbonyl (C=O) groups excluding carboxylic acids is 1. The number of aliphatic imine (C=N–C) groups is 1. The number of benzene rings is 3. The molecule has 0 saturated heterocycles. The van der Waals surface area contributed by atoms with E-state index in [4.69, 9.17) is 10.7 Å². The number of nitrogens with one attached hydrogen (secondary N) is 1. The first-order chi connectivity index (χ1) is 24.4. The highest BCUT2D eigenvalue weighted by molar-refractivity contribution is 6.13. The number of nitrogens with zero attached hydrogens (tertiary/aromatic N) is 6. The zero-order valence-corrected chi connectivity index (χ0v) is 26.4. The Kier molecular flexibility index (Phi) is 8.28. The minimum Gasteiger partial charge on any atom is -0.383 e. The number of aldehydes is 1. The number of halogens is 6. The first kappa shape index (κ1) is 33.4. The van der Waals surface area contributed by atoms with Crippen molar-refractivity contribution in [3.05, 3.63) is 131 Å². The Hall–Kier alpha value is -6.12. The summed E-state index contributed by atoms with van der Waals surface area (Å²) in [7, 11) is 0. The van der Waals surface area contributed by atoms with Crippen LogP contribution in [0.2, 0.25) is 0 Å². The molecule has 6 aromatic rings. The van der Waals surface area contributed by atoms with Gasteiger partial charge in [-0.1, -0.05) is 72.8 Å². The van der Waals surface area contributed by atoms with Gasteiger partial charge < -0.3 is 15.8 Å². The largest absolute Gasteiger partial charge is 0.453 e. The van der Waals surface area contributed by atoms with Crippen molar-refractivity contribution >= 4 is 35.1 Å². The molecule has 1 atom stereocenters. The lowest BCUT2D eigenvalue weighted by Crippen LogP contribution is -2.36. The standard InChI is InChI=1S/C36H26F6N8O/c37-24-13-11-23(12-14-24)34(20-51)19-45-32-28(34)30(43)48-31(49-32)26-18-50-27(17-44-33(50)25(46-26)15-16-35(38,39)36(40,41)42)47-29(21-7-3-1-4-8-21)22-9-5-2-6-10-22/h1-14,17-18,20H,15-16,19H2,(H3,43,45,48,49). The minimum absolute atomic E-state index is 0.000476. The molecule has 0 saturated carbocycles. The average molecular weight is 701 g/mol. The number of fused-ring (bicyclic) bond motifs is 2.